The average molecular weight is 226 g/mol. The Labute approximate surface area is 87.8 Å². The fourth-order valence-corrected chi connectivity index (χ4v) is 1.78. The standard InChI is InChI=1S/C9H10N2O3S/c1-2-14-8-3-5-9(6-4-8)15(12,13)7-11-10/h3-7H,2H2,1H3. The lowest BCUT2D eigenvalue weighted by Gasteiger charge is -2.02. The summed E-state index contributed by atoms with van der Waals surface area (Å²) in [7, 11) is -3.64. The first-order chi connectivity index (χ1) is 7.10. The SMILES string of the molecule is CCOc1ccc(S(=O)(=O)C=[N+]=[N-])cc1. The molecular formula is C9H10N2O3S. The molecule has 0 aliphatic rings. The van der Waals surface area contributed by atoms with E-state index in [9.17, 15) is 8.42 Å². The first-order valence-electron chi connectivity index (χ1n) is 4.25. The quantitative estimate of drug-likeness (QED) is 0.334. The molecule has 80 valence electrons. The average Bonchev–Trinajstić information content (AvgIpc) is 2.19. The van der Waals surface area contributed by atoms with E-state index < -0.39 is 9.84 Å². The van der Waals surface area contributed by atoms with Crippen molar-refractivity contribution in [3.8, 4) is 5.75 Å². The summed E-state index contributed by atoms with van der Waals surface area (Å²) in [5, 5.41) is 0. The lowest BCUT2D eigenvalue weighted by molar-refractivity contribution is 0.00754. The normalized spacial score (nSPS) is 10.5. The molecule has 0 atom stereocenters. The summed E-state index contributed by atoms with van der Waals surface area (Å²) in [5.41, 5.74) is 8.66. The van der Waals surface area contributed by atoms with Gasteiger partial charge >= 0.3 is 5.55 Å². The minimum absolute atomic E-state index is 0.0590. The molecule has 0 spiro atoms. The van der Waals surface area contributed by atoms with E-state index in [0.29, 0.717) is 17.9 Å². The van der Waals surface area contributed by atoms with Gasteiger partial charge < -0.3 is 10.3 Å². The van der Waals surface area contributed by atoms with Crippen molar-refractivity contribution in [1.29, 1.82) is 0 Å². The van der Waals surface area contributed by atoms with Crippen LogP contribution >= 0.6 is 0 Å². The lowest BCUT2D eigenvalue weighted by Crippen LogP contribution is -2.02. The Morgan fingerprint density at radius 1 is 1.40 bits per heavy atom. The molecule has 15 heavy (non-hydrogen) atoms. The summed E-state index contributed by atoms with van der Waals surface area (Å²) < 4.78 is 27.9. The summed E-state index contributed by atoms with van der Waals surface area (Å²) in [4.78, 5) is 2.56. The molecule has 0 heterocycles. The van der Waals surface area contributed by atoms with E-state index in [1.165, 1.54) is 12.1 Å². The number of rotatable bonds is 4. The van der Waals surface area contributed by atoms with E-state index in [4.69, 9.17) is 10.3 Å². The maximum atomic E-state index is 11.4. The van der Waals surface area contributed by atoms with Gasteiger partial charge in [0.15, 0.2) is 0 Å². The zero-order valence-electron chi connectivity index (χ0n) is 8.12. The summed E-state index contributed by atoms with van der Waals surface area (Å²) in [6.45, 7) is 2.35. The number of hydrogen-bond donors (Lipinski definition) is 0. The number of benzene rings is 1. The molecule has 0 saturated carbocycles. The van der Waals surface area contributed by atoms with Crippen LogP contribution in [0.1, 0.15) is 6.92 Å². The summed E-state index contributed by atoms with van der Waals surface area (Å²) in [6.07, 6.45) is 0. The number of hydrogen-bond acceptors (Lipinski definition) is 3. The fourth-order valence-electron chi connectivity index (χ4n) is 1.02. The Hall–Kier alpha value is -1.65. The molecular weight excluding hydrogens is 216 g/mol. The van der Waals surface area contributed by atoms with Crippen LogP contribution in [0.4, 0.5) is 0 Å². The molecule has 0 amide bonds. The first kappa shape index (κ1) is 11.4. The highest BCUT2D eigenvalue weighted by molar-refractivity contribution is 8.04. The van der Waals surface area contributed by atoms with Crippen LogP contribution in [-0.2, 0) is 9.84 Å². The van der Waals surface area contributed by atoms with Gasteiger partial charge in [-0.05, 0) is 31.2 Å². The highest BCUT2D eigenvalue weighted by Gasteiger charge is 2.15. The van der Waals surface area contributed by atoms with Gasteiger partial charge in [-0.2, -0.15) is 4.79 Å². The number of ether oxygens (including phenoxy) is 1. The van der Waals surface area contributed by atoms with Crippen LogP contribution in [0.2, 0.25) is 0 Å². The zero-order chi connectivity index (χ0) is 11.3. The Kier molecular flexibility index (Phi) is 3.60. The molecule has 0 aromatic heterocycles. The fraction of sp³-hybridized carbons (Fsp3) is 0.222. The number of nitrogens with zero attached hydrogens (tertiary/aromatic N) is 2. The van der Waals surface area contributed by atoms with Crippen molar-refractivity contribution in [2.45, 2.75) is 11.8 Å². The molecule has 0 saturated heterocycles. The highest BCUT2D eigenvalue weighted by Crippen LogP contribution is 2.15. The predicted molar refractivity (Wildman–Crippen MR) is 54.5 cm³/mol. The van der Waals surface area contributed by atoms with Crippen molar-refractivity contribution in [2.24, 2.45) is 0 Å². The van der Waals surface area contributed by atoms with E-state index in [1.807, 2.05) is 6.92 Å². The minimum atomic E-state index is -3.64. The third-order valence-corrected chi connectivity index (χ3v) is 2.95. The first-order valence-corrected chi connectivity index (χ1v) is 5.80. The summed E-state index contributed by atoms with van der Waals surface area (Å²) in [6, 6.07) is 5.87. The van der Waals surface area contributed by atoms with E-state index in [1.54, 1.807) is 12.1 Å². The smallest absolute Gasteiger partial charge is 0.374 e. The second kappa shape index (κ2) is 4.72. The molecule has 0 N–H and O–H groups in total. The van der Waals surface area contributed by atoms with Gasteiger partial charge in [-0.1, -0.05) is 0 Å². The summed E-state index contributed by atoms with van der Waals surface area (Å²) in [5.74, 6) is 0.595. The van der Waals surface area contributed by atoms with Crippen LogP contribution < -0.4 is 4.74 Å². The molecule has 0 bridgehead atoms. The molecule has 1 rings (SSSR count). The molecule has 0 fully saturated rings. The van der Waals surface area contributed by atoms with Crippen LogP contribution in [0.5, 0.6) is 5.75 Å². The van der Waals surface area contributed by atoms with Gasteiger partial charge in [0.05, 0.1) is 11.5 Å². The molecule has 5 nitrogen and oxygen atoms in total. The third-order valence-electron chi connectivity index (χ3n) is 1.65. The van der Waals surface area contributed by atoms with Gasteiger partial charge in [0.25, 0.3) is 9.84 Å². The molecule has 1 aromatic carbocycles. The maximum absolute atomic E-state index is 11.4. The maximum Gasteiger partial charge on any atom is 0.374 e. The Morgan fingerprint density at radius 2 is 2.00 bits per heavy atom. The van der Waals surface area contributed by atoms with Crippen molar-refractivity contribution in [3.05, 3.63) is 29.8 Å². The third kappa shape index (κ3) is 2.90. The van der Waals surface area contributed by atoms with Gasteiger partial charge in [-0.25, -0.2) is 8.42 Å². The van der Waals surface area contributed by atoms with E-state index in [0.717, 1.165) is 0 Å². The largest absolute Gasteiger partial charge is 0.494 e. The molecule has 6 heteroatoms. The Balaban J connectivity index is 3.04. The summed E-state index contributed by atoms with van der Waals surface area (Å²) >= 11 is 0. The van der Waals surface area contributed by atoms with Gasteiger partial charge in [0.2, 0.25) is 0 Å². The van der Waals surface area contributed by atoms with Crippen LogP contribution in [0.15, 0.2) is 29.2 Å². The monoisotopic (exact) mass is 226 g/mol. The lowest BCUT2D eigenvalue weighted by atomic mass is 10.3. The van der Waals surface area contributed by atoms with Gasteiger partial charge in [0.1, 0.15) is 5.75 Å². The van der Waals surface area contributed by atoms with Gasteiger partial charge in [0, 0.05) is 0 Å². The topological polar surface area (TPSA) is 79.8 Å². The van der Waals surface area contributed by atoms with Crippen molar-refractivity contribution >= 4 is 15.4 Å². The van der Waals surface area contributed by atoms with E-state index >= 15 is 0 Å². The molecule has 1 aromatic rings. The highest BCUT2D eigenvalue weighted by atomic mass is 32.2. The minimum Gasteiger partial charge on any atom is -0.494 e. The molecule has 0 radical (unpaired) electrons. The van der Waals surface area contributed by atoms with Crippen LogP contribution in [0.3, 0.4) is 0 Å². The van der Waals surface area contributed by atoms with Crippen molar-refractivity contribution in [3.63, 3.8) is 0 Å². The van der Waals surface area contributed by atoms with Gasteiger partial charge in [-0.15, -0.1) is 0 Å². The van der Waals surface area contributed by atoms with Crippen LogP contribution in [0, 0.1) is 0 Å². The van der Waals surface area contributed by atoms with Crippen LogP contribution in [0.25, 0.3) is 5.53 Å². The molecule has 0 aliphatic heterocycles. The Morgan fingerprint density at radius 3 is 2.47 bits per heavy atom. The van der Waals surface area contributed by atoms with Gasteiger partial charge in [-0.3, -0.25) is 0 Å². The van der Waals surface area contributed by atoms with Crippen molar-refractivity contribution < 1.29 is 17.9 Å². The predicted octanol–water partition coefficient (Wildman–Crippen LogP) is 1.12. The van der Waals surface area contributed by atoms with E-state index in [-0.39, 0.29) is 4.90 Å². The molecule has 0 unspecified atom stereocenters. The van der Waals surface area contributed by atoms with E-state index in [2.05, 4.69) is 4.79 Å². The zero-order valence-corrected chi connectivity index (χ0v) is 8.94. The van der Waals surface area contributed by atoms with Crippen molar-refractivity contribution in [2.75, 3.05) is 6.61 Å². The molecule has 0 aliphatic carbocycles. The van der Waals surface area contributed by atoms with Crippen LogP contribution in [-0.4, -0.2) is 25.4 Å². The second-order valence-corrected chi connectivity index (χ2v) is 4.44. The Bertz CT molecular complexity index is 473. The second-order valence-electron chi connectivity index (χ2n) is 2.67. The van der Waals surface area contributed by atoms with Crippen molar-refractivity contribution in [1.82, 2.24) is 0 Å². The number of sulfone groups is 1.